The molecule has 4 nitrogen and oxygen atoms in total. The molecule has 19 heavy (non-hydrogen) atoms. The second-order valence-electron chi connectivity index (χ2n) is 4.56. The van der Waals surface area contributed by atoms with Crippen molar-refractivity contribution in [3.63, 3.8) is 0 Å². The number of anilines is 2. The number of hydrogen-bond acceptors (Lipinski definition) is 5. The topological polar surface area (TPSA) is 59.2 Å². The maximum atomic E-state index is 12.1. The van der Waals surface area contributed by atoms with E-state index in [-0.39, 0.29) is 5.91 Å². The van der Waals surface area contributed by atoms with Crippen LogP contribution in [0.4, 0.5) is 10.8 Å². The normalized spacial score (nSPS) is 16.8. The summed E-state index contributed by atoms with van der Waals surface area (Å²) in [7, 11) is 0. The van der Waals surface area contributed by atoms with Gasteiger partial charge in [-0.15, -0.1) is 23.1 Å². The van der Waals surface area contributed by atoms with Crippen molar-refractivity contribution < 1.29 is 4.79 Å². The van der Waals surface area contributed by atoms with Gasteiger partial charge < -0.3 is 10.6 Å². The Labute approximate surface area is 118 Å². The largest absolute Gasteiger partial charge is 0.375 e. The molecule has 1 aromatic carbocycles. The van der Waals surface area contributed by atoms with Gasteiger partial charge in [0.15, 0.2) is 5.13 Å². The van der Waals surface area contributed by atoms with Crippen LogP contribution in [0.2, 0.25) is 0 Å². The van der Waals surface area contributed by atoms with Crippen molar-refractivity contribution in [3.8, 4) is 11.3 Å². The highest BCUT2D eigenvalue weighted by molar-refractivity contribution is 8.00. The lowest BCUT2D eigenvalue weighted by Gasteiger charge is -2.29. The number of carbonyl (C=O) groups is 1. The summed E-state index contributed by atoms with van der Waals surface area (Å²) in [6.07, 6.45) is 0.828. The van der Waals surface area contributed by atoms with E-state index in [1.807, 2.05) is 17.0 Å². The van der Waals surface area contributed by atoms with Gasteiger partial charge in [-0.2, -0.15) is 0 Å². The zero-order chi connectivity index (χ0) is 13.0. The number of nitrogens with two attached hydrogens (primary N) is 1. The molecular weight excluding hydrogens is 278 g/mol. The van der Waals surface area contributed by atoms with E-state index in [4.69, 9.17) is 5.73 Å². The molecule has 0 bridgehead atoms. The van der Waals surface area contributed by atoms with E-state index in [0.29, 0.717) is 10.9 Å². The third-order valence-electron chi connectivity index (χ3n) is 3.45. The number of carbonyl (C=O) groups excluding carboxylic acids is 1. The Morgan fingerprint density at radius 1 is 1.37 bits per heavy atom. The Bertz CT molecular complexity index is 695. The lowest BCUT2D eigenvalue weighted by atomic mass is 10.1. The monoisotopic (exact) mass is 289 g/mol. The van der Waals surface area contributed by atoms with Crippen LogP contribution < -0.4 is 10.6 Å². The number of thioether (sulfide) groups is 1. The molecule has 0 saturated heterocycles. The summed E-state index contributed by atoms with van der Waals surface area (Å²) in [6.45, 7) is 0.720. The first-order valence-corrected chi connectivity index (χ1v) is 7.86. The van der Waals surface area contributed by atoms with Gasteiger partial charge in [-0.25, -0.2) is 4.98 Å². The van der Waals surface area contributed by atoms with Crippen molar-refractivity contribution in [2.75, 3.05) is 22.9 Å². The fourth-order valence-electron chi connectivity index (χ4n) is 2.65. The van der Waals surface area contributed by atoms with E-state index in [0.717, 1.165) is 34.8 Å². The second kappa shape index (κ2) is 3.98. The number of fused-ring (bicyclic) bond motifs is 2. The van der Waals surface area contributed by atoms with Crippen LogP contribution in [-0.4, -0.2) is 23.2 Å². The Kier molecular flexibility index (Phi) is 2.37. The number of para-hydroxylation sites is 1. The maximum absolute atomic E-state index is 12.1. The molecule has 0 radical (unpaired) electrons. The van der Waals surface area contributed by atoms with Crippen LogP contribution in [0.5, 0.6) is 0 Å². The summed E-state index contributed by atoms with van der Waals surface area (Å²) < 4.78 is 0. The lowest BCUT2D eigenvalue weighted by molar-refractivity contribution is -0.116. The van der Waals surface area contributed by atoms with E-state index in [1.54, 1.807) is 11.8 Å². The molecule has 0 saturated carbocycles. The molecule has 0 fully saturated rings. The Morgan fingerprint density at radius 3 is 3.16 bits per heavy atom. The van der Waals surface area contributed by atoms with Gasteiger partial charge in [0.2, 0.25) is 5.91 Å². The summed E-state index contributed by atoms with van der Waals surface area (Å²) in [5.41, 5.74) is 8.85. The van der Waals surface area contributed by atoms with Gasteiger partial charge in [0.1, 0.15) is 0 Å². The van der Waals surface area contributed by atoms with Crippen molar-refractivity contribution >= 4 is 39.8 Å². The zero-order valence-electron chi connectivity index (χ0n) is 10.0. The molecule has 96 valence electrons. The molecule has 1 amide bonds. The van der Waals surface area contributed by atoms with E-state index >= 15 is 0 Å². The number of hydrogen-bond donors (Lipinski definition) is 1. The fourth-order valence-corrected chi connectivity index (χ4v) is 4.45. The van der Waals surface area contributed by atoms with Crippen molar-refractivity contribution in [1.29, 1.82) is 0 Å². The first kappa shape index (κ1) is 11.3. The minimum atomic E-state index is 0.188. The first-order chi connectivity index (χ1) is 9.24. The molecule has 2 aliphatic heterocycles. The lowest BCUT2D eigenvalue weighted by Crippen LogP contribution is -2.36. The molecule has 2 aliphatic rings. The molecule has 0 aliphatic carbocycles. The van der Waals surface area contributed by atoms with Gasteiger partial charge in [-0.1, -0.05) is 12.1 Å². The number of rotatable bonds is 0. The average molecular weight is 289 g/mol. The summed E-state index contributed by atoms with van der Waals surface area (Å²) in [5, 5.41) is 0.603. The average Bonchev–Trinajstić information content (AvgIpc) is 2.71. The Morgan fingerprint density at radius 2 is 2.26 bits per heavy atom. The molecule has 0 unspecified atom stereocenters. The van der Waals surface area contributed by atoms with Gasteiger partial charge in [0.25, 0.3) is 0 Å². The predicted octanol–water partition coefficient (Wildman–Crippen LogP) is 2.39. The van der Waals surface area contributed by atoms with Crippen LogP contribution in [0, 0.1) is 0 Å². The molecule has 4 rings (SSSR count). The Hall–Kier alpha value is -1.53. The fraction of sp³-hybridized carbons (Fsp3) is 0.231. The molecular formula is C13H11N3OS2. The van der Waals surface area contributed by atoms with Gasteiger partial charge in [-0.05, 0) is 6.07 Å². The summed E-state index contributed by atoms with van der Waals surface area (Å²) >= 11 is 3.14. The van der Waals surface area contributed by atoms with Crippen LogP contribution in [0.1, 0.15) is 4.88 Å². The molecule has 6 heteroatoms. The standard InChI is InChI=1S/C13H11N3OS2/c14-13-15-11-7-2-1-3-9-12(7)16(10(17)6-18-9)5-4-8(11)19-13/h1-3H,4-6H2,(H2,14,15). The van der Waals surface area contributed by atoms with Gasteiger partial charge in [0, 0.05) is 28.3 Å². The number of aromatic nitrogens is 1. The molecule has 3 heterocycles. The van der Waals surface area contributed by atoms with Crippen molar-refractivity contribution in [1.82, 2.24) is 4.98 Å². The minimum Gasteiger partial charge on any atom is -0.375 e. The van der Waals surface area contributed by atoms with Crippen LogP contribution in [-0.2, 0) is 11.2 Å². The number of benzene rings is 1. The van der Waals surface area contributed by atoms with E-state index < -0.39 is 0 Å². The Balaban J connectivity index is 2.03. The quantitative estimate of drug-likeness (QED) is 0.809. The summed E-state index contributed by atoms with van der Waals surface area (Å²) in [6, 6.07) is 6.14. The number of thiazole rings is 1. The maximum Gasteiger partial charge on any atom is 0.237 e. The van der Waals surface area contributed by atoms with Crippen molar-refractivity contribution in [2.24, 2.45) is 0 Å². The smallest absolute Gasteiger partial charge is 0.237 e. The predicted molar refractivity (Wildman–Crippen MR) is 78.7 cm³/mol. The summed E-state index contributed by atoms with van der Waals surface area (Å²) in [4.78, 5) is 20.8. The molecule has 2 N–H and O–H groups in total. The van der Waals surface area contributed by atoms with Crippen LogP contribution in [0.25, 0.3) is 11.3 Å². The van der Waals surface area contributed by atoms with E-state index in [1.165, 1.54) is 16.2 Å². The highest BCUT2D eigenvalue weighted by Gasteiger charge is 2.31. The van der Waals surface area contributed by atoms with Crippen LogP contribution in [0.15, 0.2) is 23.1 Å². The van der Waals surface area contributed by atoms with Crippen LogP contribution >= 0.6 is 23.1 Å². The third kappa shape index (κ3) is 1.60. The van der Waals surface area contributed by atoms with E-state index in [9.17, 15) is 4.79 Å². The highest BCUT2D eigenvalue weighted by Crippen LogP contribution is 2.46. The second-order valence-corrected chi connectivity index (χ2v) is 6.69. The first-order valence-electron chi connectivity index (χ1n) is 6.06. The third-order valence-corrected chi connectivity index (χ3v) is 5.43. The zero-order valence-corrected chi connectivity index (χ0v) is 11.7. The number of nitrogens with zero attached hydrogens (tertiary/aromatic N) is 2. The molecule has 1 aromatic heterocycles. The molecule has 0 atom stereocenters. The van der Waals surface area contributed by atoms with Gasteiger partial charge in [-0.3, -0.25) is 4.79 Å². The van der Waals surface area contributed by atoms with Crippen molar-refractivity contribution in [3.05, 3.63) is 23.1 Å². The highest BCUT2D eigenvalue weighted by atomic mass is 32.2. The SMILES string of the molecule is Nc1nc2c(s1)CCN1C(=O)CSc3cccc-2c31. The van der Waals surface area contributed by atoms with Crippen LogP contribution in [0.3, 0.4) is 0 Å². The molecule has 2 aromatic rings. The van der Waals surface area contributed by atoms with Crippen molar-refractivity contribution in [2.45, 2.75) is 11.3 Å². The van der Waals surface area contributed by atoms with Gasteiger partial charge >= 0.3 is 0 Å². The summed E-state index contributed by atoms with van der Waals surface area (Å²) in [5.74, 6) is 0.715. The molecule has 0 spiro atoms. The van der Waals surface area contributed by atoms with Gasteiger partial charge in [0.05, 0.1) is 17.1 Å². The minimum absolute atomic E-state index is 0.188. The number of amides is 1. The van der Waals surface area contributed by atoms with E-state index in [2.05, 4.69) is 11.1 Å². The number of nitrogen functional groups attached to an aromatic ring is 1.